The number of aromatic nitrogens is 1. The van der Waals surface area contributed by atoms with Crippen LogP contribution in [0, 0.1) is 6.92 Å². The Bertz CT molecular complexity index is 625. The third-order valence-corrected chi connectivity index (χ3v) is 4.44. The van der Waals surface area contributed by atoms with E-state index < -0.39 is 0 Å². The lowest BCUT2D eigenvalue weighted by atomic mass is 10.0. The first-order valence-corrected chi connectivity index (χ1v) is 7.81. The molecule has 1 aromatic heterocycles. The number of nitrogens with two attached hydrogens (primary N) is 1. The largest absolute Gasteiger partial charge is 0.396 e. The number of benzene rings is 1. The van der Waals surface area contributed by atoms with Crippen LogP contribution in [0.2, 0.25) is 0 Å². The maximum absolute atomic E-state index is 6.17. The van der Waals surface area contributed by atoms with E-state index in [0.29, 0.717) is 6.04 Å². The van der Waals surface area contributed by atoms with Crippen LogP contribution in [0.3, 0.4) is 0 Å². The van der Waals surface area contributed by atoms with Gasteiger partial charge in [-0.3, -0.25) is 4.98 Å². The van der Waals surface area contributed by atoms with Crippen LogP contribution in [-0.2, 0) is 0 Å². The monoisotopic (exact) mass is 284 g/mol. The third kappa shape index (κ3) is 2.95. The lowest BCUT2D eigenvalue weighted by Crippen LogP contribution is -2.39. The molecule has 2 aromatic rings. The van der Waals surface area contributed by atoms with Gasteiger partial charge in [-0.2, -0.15) is 0 Å². The zero-order valence-corrected chi connectivity index (χ0v) is 12.9. The smallest absolute Gasteiger partial charge is 0.0743 e. The summed E-state index contributed by atoms with van der Waals surface area (Å²) >= 11 is 0. The first kappa shape index (κ1) is 14.1. The fourth-order valence-corrected chi connectivity index (χ4v) is 3.08. The summed E-state index contributed by atoms with van der Waals surface area (Å²) in [5, 5.41) is 4.80. The van der Waals surface area contributed by atoms with Crippen molar-refractivity contribution in [2.24, 2.45) is 0 Å². The second-order valence-corrected chi connectivity index (χ2v) is 5.96. The SMILES string of the molecule is CCN1CCC(Nc2c(N)cnc3ccc(C)cc23)CC1. The molecular formula is C17H24N4. The minimum atomic E-state index is 0.501. The summed E-state index contributed by atoms with van der Waals surface area (Å²) in [6, 6.07) is 6.83. The number of nitrogen functional groups attached to an aromatic ring is 1. The Hall–Kier alpha value is -1.81. The van der Waals surface area contributed by atoms with Gasteiger partial charge in [0.2, 0.25) is 0 Å². The number of hydrogen-bond acceptors (Lipinski definition) is 4. The number of anilines is 2. The summed E-state index contributed by atoms with van der Waals surface area (Å²) in [7, 11) is 0. The number of likely N-dealkylation sites (tertiary alicyclic amines) is 1. The van der Waals surface area contributed by atoms with E-state index >= 15 is 0 Å². The van der Waals surface area contributed by atoms with E-state index in [9.17, 15) is 0 Å². The fourth-order valence-electron chi connectivity index (χ4n) is 3.08. The molecule has 2 heterocycles. The highest BCUT2D eigenvalue weighted by Crippen LogP contribution is 2.30. The van der Waals surface area contributed by atoms with Gasteiger partial charge in [-0.1, -0.05) is 18.6 Å². The number of fused-ring (bicyclic) bond motifs is 1. The molecule has 1 saturated heterocycles. The van der Waals surface area contributed by atoms with E-state index in [-0.39, 0.29) is 0 Å². The van der Waals surface area contributed by atoms with Crippen molar-refractivity contribution in [3.63, 3.8) is 0 Å². The average Bonchev–Trinajstić information content (AvgIpc) is 2.51. The summed E-state index contributed by atoms with van der Waals surface area (Å²) in [6.07, 6.45) is 4.10. The molecular weight excluding hydrogens is 260 g/mol. The van der Waals surface area contributed by atoms with Crippen molar-refractivity contribution in [3.05, 3.63) is 30.0 Å². The summed E-state index contributed by atoms with van der Waals surface area (Å²) in [4.78, 5) is 6.92. The third-order valence-electron chi connectivity index (χ3n) is 4.44. The fraction of sp³-hybridized carbons (Fsp3) is 0.471. The zero-order valence-electron chi connectivity index (χ0n) is 12.9. The lowest BCUT2D eigenvalue weighted by Gasteiger charge is -2.32. The molecule has 0 bridgehead atoms. The minimum absolute atomic E-state index is 0.501. The van der Waals surface area contributed by atoms with Crippen molar-refractivity contribution in [2.45, 2.75) is 32.7 Å². The van der Waals surface area contributed by atoms with Gasteiger partial charge in [0.15, 0.2) is 0 Å². The number of nitrogens with zero attached hydrogens (tertiary/aromatic N) is 2. The second-order valence-electron chi connectivity index (χ2n) is 5.96. The Kier molecular flexibility index (Phi) is 3.97. The normalized spacial score (nSPS) is 17.2. The van der Waals surface area contributed by atoms with Crippen molar-refractivity contribution < 1.29 is 0 Å². The number of rotatable bonds is 3. The van der Waals surface area contributed by atoms with E-state index in [0.717, 1.165) is 41.9 Å². The summed E-state index contributed by atoms with van der Waals surface area (Å²) < 4.78 is 0. The highest BCUT2D eigenvalue weighted by molar-refractivity contribution is 5.97. The van der Waals surface area contributed by atoms with Gasteiger partial charge in [0.05, 0.1) is 23.1 Å². The topological polar surface area (TPSA) is 54.2 Å². The Morgan fingerprint density at radius 2 is 2.10 bits per heavy atom. The minimum Gasteiger partial charge on any atom is -0.396 e. The quantitative estimate of drug-likeness (QED) is 0.909. The number of nitrogens with one attached hydrogen (secondary N) is 1. The van der Waals surface area contributed by atoms with Crippen molar-refractivity contribution in [1.82, 2.24) is 9.88 Å². The predicted molar refractivity (Wildman–Crippen MR) is 89.7 cm³/mol. The number of pyridine rings is 1. The van der Waals surface area contributed by atoms with E-state index in [4.69, 9.17) is 5.73 Å². The first-order chi connectivity index (χ1) is 10.2. The van der Waals surface area contributed by atoms with Crippen molar-refractivity contribution >= 4 is 22.3 Å². The molecule has 21 heavy (non-hydrogen) atoms. The maximum atomic E-state index is 6.17. The Morgan fingerprint density at radius 3 is 2.81 bits per heavy atom. The molecule has 0 unspecified atom stereocenters. The molecule has 4 nitrogen and oxygen atoms in total. The average molecular weight is 284 g/mol. The molecule has 0 radical (unpaired) electrons. The van der Waals surface area contributed by atoms with Gasteiger partial charge in [-0.25, -0.2) is 0 Å². The Labute approximate surface area is 126 Å². The highest BCUT2D eigenvalue weighted by Gasteiger charge is 2.19. The van der Waals surface area contributed by atoms with E-state index in [1.54, 1.807) is 6.20 Å². The molecule has 112 valence electrons. The maximum Gasteiger partial charge on any atom is 0.0743 e. The molecule has 1 fully saturated rings. The van der Waals surface area contributed by atoms with Crippen LogP contribution in [0.5, 0.6) is 0 Å². The molecule has 1 aliphatic rings. The van der Waals surface area contributed by atoms with E-state index in [2.05, 4.69) is 47.2 Å². The lowest BCUT2D eigenvalue weighted by molar-refractivity contribution is 0.229. The predicted octanol–water partition coefficient (Wildman–Crippen LogP) is 3.02. The number of hydrogen-bond donors (Lipinski definition) is 2. The number of piperidine rings is 1. The molecule has 1 aromatic carbocycles. The van der Waals surface area contributed by atoms with E-state index in [1.165, 1.54) is 18.4 Å². The molecule has 3 N–H and O–H groups in total. The first-order valence-electron chi connectivity index (χ1n) is 7.81. The van der Waals surface area contributed by atoms with Crippen LogP contribution in [0.1, 0.15) is 25.3 Å². The Morgan fingerprint density at radius 1 is 1.33 bits per heavy atom. The van der Waals surface area contributed by atoms with Gasteiger partial charge in [0, 0.05) is 24.5 Å². The summed E-state index contributed by atoms with van der Waals surface area (Å²) in [6.45, 7) is 7.80. The highest BCUT2D eigenvalue weighted by atomic mass is 15.1. The molecule has 0 spiro atoms. The van der Waals surface area contributed by atoms with E-state index in [1.807, 2.05) is 0 Å². The molecule has 0 aliphatic carbocycles. The van der Waals surface area contributed by atoms with Gasteiger partial charge >= 0.3 is 0 Å². The zero-order chi connectivity index (χ0) is 14.8. The van der Waals surface area contributed by atoms with Crippen LogP contribution in [0.15, 0.2) is 24.4 Å². The van der Waals surface area contributed by atoms with Gasteiger partial charge in [0.25, 0.3) is 0 Å². The van der Waals surface area contributed by atoms with Crippen molar-refractivity contribution in [2.75, 3.05) is 30.7 Å². The molecule has 0 saturated carbocycles. The van der Waals surface area contributed by atoms with Crippen LogP contribution in [-0.4, -0.2) is 35.6 Å². The van der Waals surface area contributed by atoms with Gasteiger partial charge in [-0.05, 0) is 38.4 Å². The summed E-state index contributed by atoms with van der Waals surface area (Å²) in [5.41, 5.74) is 10.2. The van der Waals surface area contributed by atoms with Gasteiger partial charge < -0.3 is 16.0 Å². The summed E-state index contributed by atoms with van der Waals surface area (Å²) in [5.74, 6) is 0. The van der Waals surface area contributed by atoms with Crippen LogP contribution in [0.25, 0.3) is 10.9 Å². The molecule has 4 heteroatoms. The second kappa shape index (κ2) is 5.90. The van der Waals surface area contributed by atoms with Crippen LogP contribution < -0.4 is 11.1 Å². The molecule has 3 rings (SSSR count). The van der Waals surface area contributed by atoms with Crippen LogP contribution >= 0.6 is 0 Å². The van der Waals surface area contributed by atoms with Crippen molar-refractivity contribution in [3.8, 4) is 0 Å². The van der Waals surface area contributed by atoms with Gasteiger partial charge in [-0.15, -0.1) is 0 Å². The molecule has 1 aliphatic heterocycles. The number of aryl methyl sites for hydroxylation is 1. The van der Waals surface area contributed by atoms with Crippen LogP contribution in [0.4, 0.5) is 11.4 Å². The molecule has 0 atom stereocenters. The van der Waals surface area contributed by atoms with Gasteiger partial charge in [0.1, 0.15) is 0 Å². The standard InChI is InChI=1S/C17H24N4/c1-3-21-8-6-13(7-9-21)20-17-14-10-12(2)4-5-16(14)19-11-15(17)18/h4-5,10-11,13H,3,6-9,18H2,1-2H3,(H,19,20). The van der Waals surface area contributed by atoms with Crippen molar-refractivity contribution in [1.29, 1.82) is 0 Å². The Balaban J connectivity index is 1.86. The molecule has 0 amide bonds.